The van der Waals surface area contributed by atoms with Crippen molar-refractivity contribution in [3.8, 4) is 0 Å². The van der Waals surface area contributed by atoms with Crippen LogP contribution in [0.5, 0.6) is 0 Å². The molecule has 9 nitrogen and oxygen atoms in total. The quantitative estimate of drug-likeness (QED) is 0.0267. The van der Waals surface area contributed by atoms with Gasteiger partial charge >= 0.3 is 5.97 Å². The van der Waals surface area contributed by atoms with Crippen molar-refractivity contribution in [2.24, 2.45) is 0 Å². The Hall–Kier alpha value is -2.11. The van der Waals surface area contributed by atoms with Crippen molar-refractivity contribution >= 4 is 5.97 Å². The first-order valence-electron chi connectivity index (χ1n) is 28.4. The van der Waals surface area contributed by atoms with Crippen LogP contribution in [0.4, 0.5) is 0 Å². The Balaban J connectivity index is 2.17. The lowest BCUT2D eigenvalue weighted by Crippen LogP contribution is -2.59. The predicted octanol–water partition coefficient (Wildman–Crippen LogP) is 14.6. The average molecular weight is 959 g/mol. The number of unbranched alkanes of at least 4 members (excludes halogenated alkanes) is 28. The van der Waals surface area contributed by atoms with E-state index in [2.05, 4.69) is 74.6 Å². The van der Waals surface area contributed by atoms with Crippen LogP contribution in [0.1, 0.15) is 245 Å². The molecule has 1 rings (SSSR count). The van der Waals surface area contributed by atoms with Gasteiger partial charge in [-0.15, -0.1) is 0 Å². The summed E-state index contributed by atoms with van der Waals surface area (Å²) < 4.78 is 22.9. The first kappa shape index (κ1) is 63.9. The van der Waals surface area contributed by atoms with Crippen molar-refractivity contribution in [1.29, 1.82) is 0 Å². The molecule has 0 amide bonds. The summed E-state index contributed by atoms with van der Waals surface area (Å²) in [5.74, 6) is -0.317. The van der Waals surface area contributed by atoms with Crippen molar-refractivity contribution in [3.05, 3.63) is 60.8 Å². The number of hydrogen-bond donors (Lipinski definition) is 4. The molecule has 1 aliphatic rings. The normalized spacial score (nSPS) is 19.5. The van der Waals surface area contributed by atoms with Crippen LogP contribution in [-0.2, 0) is 23.7 Å². The summed E-state index contributed by atoms with van der Waals surface area (Å²) >= 11 is 0. The number of carbonyl (C=O) groups is 1. The highest BCUT2D eigenvalue weighted by atomic mass is 16.7. The van der Waals surface area contributed by atoms with E-state index in [9.17, 15) is 25.2 Å². The molecule has 1 heterocycles. The number of carbonyl (C=O) groups excluding carboxylic acids is 1. The van der Waals surface area contributed by atoms with Gasteiger partial charge in [0.05, 0.1) is 19.8 Å². The van der Waals surface area contributed by atoms with Crippen LogP contribution in [-0.4, -0.2) is 89.6 Å². The van der Waals surface area contributed by atoms with Gasteiger partial charge in [-0.3, -0.25) is 4.79 Å². The second kappa shape index (κ2) is 49.9. The number of rotatable bonds is 49. The predicted molar refractivity (Wildman–Crippen MR) is 284 cm³/mol. The van der Waals surface area contributed by atoms with Gasteiger partial charge in [0.2, 0.25) is 0 Å². The molecule has 6 atom stereocenters. The zero-order valence-electron chi connectivity index (χ0n) is 43.9. The third-order valence-electron chi connectivity index (χ3n) is 12.9. The fraction of sp³-hybridized carbons (Fsp3) is 0.814. The van der Waals surface area contributed by atoms with Gasteiger partial charge in [-0.1, -0.05) is 216 Å². The molecule has 0 aromatic carbocycles. The lowest BCUT2D eigenvalue weighted by atomic mass is 9.99. The van der Waals surface area contributed by atoms with E-state index in [-0.39, 0.29) is 19.2 Å². The molecule has 68 heavy (non-hydrogen) atoms. The van der Waals surface area contributed by atoms with Crippen molar-refractivity contribution < 1.29 is 44.2 Å². The maximum Gasteiger partial charge on any atom is 0.306 e. The minimum absolute atomic E-state index is 0.119. The molecule has 0 aromatic heterocycles. The van der Waals surface area contributed by atoms with Crippen LogP contribution >= 0.6 is 0 Å². The minimum Gasteiger partial charge on any atom is -0.457 e. The lowest BCUT2D eigenvalue weighted by Gasteiger charge is -2.39. The van der Waals surface area contributed by atoms with E-state index in [0.717, 1.165) is 64.2 Å². The van der Waals surface area contributed by atoms with E-state index in [4.69, 9.17) is 18.9 Å². The van der Waals surface area contributed by atoms with Crippen molar-refractivity contribution in [1.82, 2.24) is 0 Å². The van der Waals surface area contributed by atoms with Crippen LogP contribution in [0.15, 0.2) is 60.8 Å². The number of aliphatic hydroxyl groups excluding tert-OH is 4. The minimum atomic E-state index is -1.54. The number of esters is 1. The van der Waals surface area contributed by atoms with Crippen molar-refractivity contribution in [3.63, 3.8) is 0 Å². The smallest absolute Gasteiger partial charge is 0.306 e. The molecule has 0 radical (unpaired) electrons. The fourth-order valence-corrected chi connectivity index (χ4v) is 8.47. The molecule has 9 heteroatoms. The zero-order chi connectivity index (χ0) is 49.2. The van der Waals surface area contributed by atoms with Gasteiger partial charge in [0, 0.05) is 13.0 Å². The Morgan fingerprint density at radius 1 is 0.471 bits per heavy atom. The Kier molecular flexibility index (Phi) is 46.9. The largest absolute Gasteiger partial charge is 0.457 e. The van der Waals surface area contributed by atoms with E-state index >= 15 is 0 Å². The van der Waals surface area contributed by atoms with Crippen molar-refractivity contribution in [2.75, 3.05) is 26.4 Å². The molecule has 0 bridgehead atoms. The molecular formula is C59H106O9. The van der Waals surface area contributed by atoms with Crippen LogP contribution < -0.4 is 0 Å². The zero-order valence-corrected chi connectivity index (χ0v) is 43.9. The summed E-state index contributed by atoms with van der Waals surface area (Å²) in [6.07, 6.45) is 58.3. The SMILES string of the molecule is CCCCC/C=C\C/C=C\C/C=C\CCCCCCCCCOCC(COC1OC(CO)C(O)C(O)C1O)OC(=O)CCCCCCCCCCCCCCC/C=C\C/C=C\CCCCCCC. The third-order valence-corrected chi connectivity index (χ3v) is 12.9. The molecule has 6 unspecified atom stereocenters. The Bertz CT molecular complexity index is 1230. The molecular weight excluding hydrogens is 853 g/mol. The highest BCUT2D eigenvalue weighted by Gasteiger charge is 2.44. The highest BCUT2D eigenvalue weighted by Crippen LogP contribution is 2.23. The van der Waals surface area contributed by atoms with Crippen LogP contribution in [0, 0.1) is 0 Å². The molecule has 0 spiro atoms. The van der Waals surface area contributed by atoms with Gasteiger partial charge in [0.25, 0.3) is 0 Å². The average Bonchev–Trinajstić information content (AvgIpc) is 3.34. The standard InChI is InChI=1S/C59H106O9/c1-3-5-7-9-11-13-15-17-19-21-23-25-26-27-28-29-30-32-34-36-38-40-42-44-46-48-55(61)67-53(52-66-59-58(64)57(63)56(62)54(50-60)68-59)51-65-49-47-45-43-41-39-37-35-33-31-24-22-20-18-16-14-12-10-8-6-4-2/h12,14-15,17-18,20-21,23-24,31,53-54,56-60,62-64H,3-11,13,16,19,22,25-30,32-52H2,1-2H3/b14-12-,17-15-,20-18-,23-21-,31-24-. The Morgan fingerprint density at radius 2 is 0.853 bits per heavy atom. The van der Waals surface area contributed by atoms with Gasteiger partial charge in [-0.2, -0.15) is 0 Å². The summed E-state index contributed by atoms with van der Waals surface area (Å²) in [6.45, 7) is 4.52. The molecule has 0 aromatic rings. The lowest BCUT2D eigenvalue weighted by molar-refractivity contribution is -0.305. The summed E-state index contributed by atoms with van der Waals surface area (Å²) in [4.78, 5) is 12.9. The maximum absolute atomic E-state index is 12.9. The number of allylic oxidation sites excluding steroid dienone is 10. The highest BCUT2D eigenvalue weighted by molar-refractivity contribution is 5.69. The van der Waals surface area contributed by atoms with Gasteiger partial charge in [-0.25, -0.2) is 0 Å². The molecule has 1 saturated heterocycles. The summed E-state index contributed by atoms with van der Waals surface area (Å²) in [7, 11) is 0. The Labute approximate surface area is 417 Å². The first-order valence-corrected chi connectivity index (χ1v) is 28.4. The van der Waals surface area contributed by atoms with E-state index in [1.165, 1.54) is 161 Å². The second-order valence-electron chi connectivity index (χ2n) is 19.4. The molecule has 0 saturated carbocycles. The molecule has 396 valence electrons. The number of hydrogen-bond acceptors (Lipinski definition) is 9. The fourth-order valence-electron chi connectivity index (χ4n) is 8.47. The third kappa shape index (κ3) is 39.6. The summed E-state index contributed by atoms with van der Waals surface area (Å²) in [5.41, 5.74) is 0. The maximum atomic E-state index is 12.9. The number of aliphatic hydroxyl groups is 4. The molecule has 1 aliphatic heterocycles. The van der Waals surface area contributed by atoms with E-state index in [0.29, 0.717) is 13.0 Å². The molecule has 4 N–H and O–H groups in total. The van der Waals surface area contributed by atoms with Gasteiger partial charge in [0.15, 0.2) is 6.29 Å². The van der Waals surface area contributed by atoms with Crippen LogP contribution in [0.2, 0.25) is 0 Å². The topological polar surface area (TPSA) is 135 Å². The monoisotopic (exact) mass is 959 g/mol. The Morgan fingerprint density at radius 3 is 1.31 bits per heavy atom. The van der Waals surface area contributed by atoms with Gasteiger partial charge < -0.3 is 39.4 Å². The van der Waals surface area contributed by atoms with Gasteiger partial charge in [0.1, 0.15) is 30.5 Å². The van der Waals surface area contributed by atoms with E-state index in [1.807, 2.05) is 0 Å². The molecule has 0 aliphatic carbocycles. The van der Waals surface area contributed by atoms with Gasteiger partial charge in [-0.05, 0) is 83.5 Å². The molecule has 1 fully saturated rings. The summed E-state index contributed by atoms with van der Waals surface area (Å²) in [6, 6.07) is 0. The number of ether oxygens (including phenoxy) is 4. The van der Waals surface area contributed by atoms with E-state index in [1.54, 1.807) is 0 Å². The van der Waals surface area contributed by atoms with Crippen LogP contribution in [0.3, 0.4) is 0 Å². The van der Waals surface area contributed by atoms with Crippen LogP contribution in [0.25, 0.3) is 0 Å². The van der Waals surface area contributed by atoms with Crippen molar-refractivity contribution in [2.45, 2.75) is 282 Å². The first-order chi connectivity index (χ1) is 33.4. The van der Waals surface area contributed by atoms with E-state index < -0.39 is 43.4 Å². The second-order valence-corrected chi connectivity index (χ2v) is 19.4. The summed E-state index contributed by atoms with van der Waals surface area (Å²) in [5, 5.41) is 40.3.